The lowest BCUT2D eigenvalue weighted by Crippen LogP contribution is -2.46. The summed E-state index contributed by atoms with van der Waals surface area (Å²) in [5.74, 6) is 1.53. The lowest BCUT2D eigenvalue weighted by molar-refractivity contribution is -0.144. The van der Waals surface area contributed by atoms with Gasteiger partial charge < -0.3 is 14.5 Å². The van der Waals surface area contributed by atoms with Crippen LogP contribution in [0, 0.1) is 17.8 Å². The maximum atomic E-state index is 12.7. The molecule has 2 amide bonds. The largest absolute Gasteiger partial charge is 0.378 e. The molecule has 130 valence electrons. The number of hydrogen-bond acceptors (Lipinski definition) is 3. The van der Waals surface area contributed by atoms with E-state index >= 15 is 0 Å². The maximum absolute atomic E-state index is 12.7. The second-order valence-corrected chi connectivity index (χ2v) is 7.52. The highest BCUT2D eigenvalue weighted by molar-refractivity contribution is 5.81. The molecule has 1 atom stereocenters. The van der Waals surface area contributed by atoms with Crippen LogP contribution < -0.4 is 0 Å². The fourth-order valence-corrected chi connectivity index (χ4v) is 4.28. The molecule has 1 aliphatic carbocycles. The van der Waals surface area contributed by atoms with Crippen LogP contribution in [0.3, 0.4) is 0 Å². The fourth-order valence-electron chi connectivity index (χ4n) is 4.28. The molecular weight excluding hydrogens is 292 g/mol. The number of carbonyl (C=O) groups excluding carboxylic acids is 2. The minimum Gasteiger partial charge on any atom is -0.378 e. The highest BCUT2D eigenvalue weighted by atomic mass is 16.5. The number of nitrogens with zero attached hydrogens (tertiary/aromatic N) is 2. The monoisotopic (exact) mass is 322 g/mol. The van der Waals surface area contributed by atoms with Crippen molar-refractivity contribution < 1.29 is 14.3 Å². The van der Waals surface area contributed by atoms with Gasteiger partial charge in [-0.3, -0.25) is 9.59 Å². The summed E-state index contributed by atoms with van der Waals surface area (Å²) in [6, 6.07) is 0. The third-order valence-corrected chi connectivity index (χ3v) is 5.72. The Morgan fingerprint density at radius 1 is 0.826 bits per heavy atom. The predicted octanol–water partition coefficient (Wildman–Crippen LogP) is 1.91. The lowest BCUT2D eigenvalue weighted by Gasteiger charge is -2.37. The number of morpholine rings is 1. The van der Waals surface area contributed by atoms with Crippen LogP contribution in [0.5, 0.6) is 0 Å². The standard InChI is InChI=1S/C18H30N2O3/c1-14-3-2-8-20(13-14)18(22)16-6-4-15(5-7-16)17(21)19-9-11-23-12-10-19/h14-16H,2-13H2,1H3. The van der Waals surface area contributed by atoms with Gasteiger partial charge in [0.25, 0.3) is 0 Å². The van der Waals surface area contributed by atoms with E-state index in [9.17, 15) is 9.59 Å². The number of likely N-dealkylation sites (tertiary alicyclic amines) is 1. The van der Waals surface area contributed by atoms with Crippen molar-refractivity contribution in [3.8, 4) is 0 Å². The van der Waals surface area contributed by atoms with Gasteiger partial charge in [-0.1, -0.05) is 6.92 Å². The molecule has 2 heterocycles. The molecule has 3 aliphatic rings. The summed E-state index contributed by atoms with van der Waals surface area (Å²) in [6.45, 7) is 6.85. The van der Waals surface area contributed by atoms with Crippen LogP contribution in [0.2, 0.25) is 0 Å². The first-order valence-corrected chi connectivity index (χ1v) is 9.30. The summed E-state index contributed by atoms with van der Waals surface area (Å²) in [6.07, 6.45) is 5.88. The molecule has 23 heavy (non-hydrogen) atoms. The molecule has 2 saturated heterocycles. The number of amides is 2. The zero-order valence-corrected chi connectivity index (χ0v) is 14.3. The molecule has 0 spiro atoms. The Kier molecular flexibility index (Phi) is 5.57. The van der Waals surface area contributed by atoms with Crippen LogP contribution in [0.4, 0.5) is 0 Å². The van der Waals surface area contributed by atoms with Crippen molar-refractivity contribution in [1.82, 2.24) is 9.80 Å². The average Bonchev–Trinajstić information content (AvgIpc) is 2.61. The van der Waals surface area contributed by atoms with E-state index in [1.54, 1.807) is 0 Å². The minimum atomic E-state index is 0.123. The molecule has 3 rings (SSSR count). The van der Waals surface area contributed by atoms with Gasteiger partial charge in [-0.2, -0.15) is 0 Å². The summed E-state index contributed by atoms with van der Waals surface area (Å²) >= 11 is 0. The van der Waals surface area contributed by atoms with Crippen LogP contribution in [0.25, 0.3) is 0 Å². The highest BCUT2D eigenvalue weighted by Crippen LogP contribution is 2.32. The molecule has 0 aromatic carbocycles. The zero-order valence-electron chi connectivity index (χ0n) is 14.3. The van der Waals surface area contributed by atoms with Gasteiger partial charge in [0, 0.05) is 38.0 Å². The molecule has 0 aromatic rings. The average molecular weight is 322 g/mol. The summed E-state index contributed by atoms with van der Waals surface area (Å²) in [4.78, 5) is 29.3. The first-order chi connectivity index (χ1) is 11.1. The zero-order chi connectivity index (χ0) is 16.2. The quantitative estimate of drug-likeness (QED) is 0.780. The Morgan fingerprint density at radius 2 is 1.39 bits per heavy atom. The van der Waals surface area contributed by atoms with Gasteiger partial charge in [-0.15, -0.1) is 0 Å². The van der Waals surface area contributed by atoms with E-state index in [-0.39, 0.29) is 17.7 Å². The Balaban J connectivity index is 1.47. The lowest BCUT2D eigenvalue weighted by atomic mass is 9.80. The van der Waals surface area contributed by atoms with Crippen molar-refractivity contribution in [2.24, 2.45) is 17.8 Å². The van der Waals surface area contributed by atoms with Gasteiger partial charge in [-0.25, -0.2) is 0 Å². The van der Waals surface area contributed by atoms with Crippen molar-refractivity contribution in [2.45, 2.75) is 45.4 Å². The normalized spacial score (nSPS) is 32.7. The molecule has 5 heteroatoms. The van der Waals surface area contributed by atoms with Gasteiger partial charge in [0.1, 0.15) is 0 Å². The van der Waals surface area contributed by atoms with Crippen LogP contribution >= 0.6 is 0 Å². The summed E-state index contributed by atoms with van der Waals surface area (Å²) < 4.78 is 5.32. The molecular formula is C18H30N2O3. The van der Waals surface area contributed by atoms with Crippen LogP contribution in [-0.4, -0.2) is 61.0 Å². The number of hydrogen-bond donors (Lipinski definition) is 0. The molecule has 3 fully saturated rings. The molecule has 0 aromatic heterocycles. The Hall–Kier alpha value is -1.10. The molecule has 0 bridgehead atoms. The highest BCUT2D eigenvalue weighted by Gasteiger charge is 2.34. The molecule has 2 aliphatic heterocycles. The van der Waals surface area contributed by atoms with Crippen molar-refractivity contribution in [3.63, 3.8) is 0 Å². The van der Waals surface area contributed by atoms with Gasteiger partial charge in [0.15, 0.2) is 0 Å². The van der Waals surface area contributed by atoms with Gasteiger partial charge in [0.2, 0.25) is 11.8 Å². The number of ether oxygens (including phenoxy) is 1. The van der Waals surface area contributed by atoms with Crippen molar-refractivity contribution >= 4 is 11.8 Å². The summed E-state index contributed by atoms with van der Waals surface area (Å²) in [5.41, 5.74) is 0. The third kappa shape index (κ3) is 4.06. The second-order valence-electron chi connectivity index (χ2n) is 7.52. The summed E-state index contributed by atoms with van der Waals surface area (Å²) in [5, 5.41) is 0. The van der Waals surface area contributed by atoms with Crippen LogP contribution in [-0.2, 0) is 14.3 Å². The number of carbonyl (C=O) groups is 2. The topological polar surface area (TPSA) is 49.9 Å². The summed E-state index contributed by atoms with van der Waals surface area (Å²) in [7, 11) is 0. The van der Waals surface area contributed by atoms with Crippen LogP contribution in [0.1, 0.15) is 45.4 Å². The number of rotatable bonds is 2. The van der Waals surface area contributed by atoms with E-state index in [2.05, 4.69) is 11.8 Å². The molecule has 1 saturated carbocycles. The van der Waals surface area contributed by atoms with E-state index < -0.39 is 0 Å². The molecule has 5 nitrogen and oxygen atoms in total. The van der Waals surface area contributed by atoms with Crippen molar-refractivity contribution in [2.75, 3.05) is 39.4 Å². The first-order valence-electron chi connectivity index (χ1n) is 9.30. The maximum Gasteiger partial charge on any atom is 0.225 e. The van der Waals surface area contributed by atoms with E-state index in [0.29, 0.717) is 25.0 Å². The van der Waals surface area contributed by atoms with Crippen LogP contribution in [0.15, 0.2) is 0 Å². The molecule has 0 N–H and O–H groups in total. The second kappa shape index (κ2) is 7.65. The minimum absolute atomic E-state index is 0.123. The Labute approximate surface area is 139 Å². The van der Waals surface area contributed by atoms with E-state index in [1.807, 2.05) is 4.90 Å². The SMILES string of the molecule is CC1CCCN(C(=O)C2CCC(C(=O)N3CCOCC3)CC2)C1. The fraction of sp³-hybridized carbons (Fsp3) is 0.889. The molecule has 0 radical (unpaired) electrons. The molecule has 1 unspecified atom stereocenters. The number of piperidine rings is 1. The third-order valence-electron chi connectivity index (χ3n) is 5.72. The van der Waals surface area contributed by atoms with E-state index in [1.165, 1.54) is 6.42 Å². The Bertz CT molecular complexity index is 426. The smallest absolute Gasteiger partial charge is 0.225 e. The van der Waals surface area contributed by atoms with E-state index in [4.69, 9.17) is 4.74 Å². The van der Waals surface area contributed by atoms with Gasteiger partial charge in [-0.05, 0) is 44.4 Å². The van der Waals surface area contributed by atoms with E-state index in [0.717, 1.165) is 58.3 Å². The van der Waals surface area contributed by atoms with Gasteiger partial charge >= 0.3 is 0 Å². The van der Waals surface area contributed by atoms with Crippen molar-refractivity contribution in [1.29, 1.82) is 0 Å². The van der Waals surface area contributed by atoms with Crippen molar-refractivity contribution in [3.05, 3.63) is 0 Å². The van der Waals surface area contributed by atoms with Gasteiger partial charge in [0.05, 0.1) is 13.2 Å². The Morgan fingerprint density at radius 3 is 1.96 bits per heavy atom. The first kappa shape index (κ1) is 16.7. The predicted molar refractivity (Wildman–Crippen MR) is 87.8 cm³/mol.